The van der Waals surface area contributed by atoms with E-state index in [0.29, 0.717) is 30.9 Å². The average molecular weight is 530 g/mol. The summed E-state index contributed by atoms with van der Waals surface area (Å²) in [5, 5.41) is 10.9. The van der Waals surface area contributed by atoms with Gasteiger partial charge in [-0.05, 0) is 97.3 Å². The zero-order valence-corrected chi connectivity index (χ0v) is 23.0. The highest BCUT2D eigenvalue weighted by Gasteiger charge is 2.57. The maximum Gasteiger partial charge on any atom is 0.156 e. The summed E-state index contributed by atoms with van der Waals surface area (Å²) in [4.78, 5) is 13.8. The van der Waals surface area contributed by atoms with Crippen LogP contribution in [0.3, 0.4) is 0 Å². The van der Waals surface area contributed by atoms with Crippen molar-refractivity contribution in [3.05, 3.63) is 88.0 Å². The summed E-state index contributed by atoms with van der Waals surface area (Å²) < 4.78 is 30.9. The molecule has 6 rings (SSSR count). The van der Waals surface area contributed by atoms with Crippen molar-refractivity contribution in [1.82, 2.24) is 0 Å². The molecule has 0 saturated heterocycles. The fourth-order valence-electron chi connectivity index (χ4n) is 7.59. The van der Waals surface area contributed by atoms with Gasteiger partial charge in [-0.25, -0.2) is 8.78 Å². The summed E-state index contributed by atoms with van der Waals surface area (Å²) in [6.45, 7) is 2.11. The van der Waals surface area contributed by atoms with Gasteiger partial charge in [0.05, 0.1) is 6.10 Å². The van der Waals surface area contributed by atoms with Crippen molar-refractivity contribution in [3.63, 3.8) is 0 Å². The Kier molecular flexibility index (Phi) is 7.53. The normalized spacial score (nSPS) is 29.3. The molecule has 0 amide bonds. The number of hydrogen-bond acceptors (Lipinski definition) is 3. The summed E-state index contributed by atoms with van der Waals surface area (Å²) in [6, 6.07) is 12.4. The van der Waals surface area contributed by atoms with Gasteiger partial charge in [0.2, 0.25) is 0 Å². The van der Waals surface area contributed by atoms with Gasteiger partial charge in [-0.1, -0.05) is 36.6 Å². The first-order chi connectivity index (χ1) is 18.6. The summed E-state index contributed by atoms with van der Waals surface area (Å²) in [7, 11) is 3.54. The van der Waals surface area contributed by atoms with E-state index in [1.165, 1.54) is 17.7 Å². The summed E-state index contributed by atoms with van der Waals surface area (Å²) in [6.07, 6.45) is 11.5. The van der Waals surface area contributed by atoms with E-state index >= 15 is 8.78 Å². The molecule has 204 valence electrons. The molecule has 0 bridgehead atoms. The minimum Gasteiger partial charge on any atom is -0.393 e. The highest BCUT2D eigenvalue weighted by atomic mass is 19.1. The predicted octanol–water partition coefficient (Wildman–Crippen LogP) is 6.96. The monoisotopic (exact) mass is 529 g/mol. The number of carbonyl (C=O) groups excluding carboxylic acids is 1. The van der Waals surface area contributed by atoms with Crippen LogP contribution >= 0.6 is 0 Å². The smallest absolute Gasteiger partial charge is 0.156 e. The lowest BCUT2D eigenvalue weighted by Gasteiger charge is -2.52. The van der Waals surface area contributed by atoms with Gasteiger partial charge in [0.15, 0.2) is 5.78 Å². The van der Waals surface area contributed by atoms with Crippen LogP contribution < -0.4 is 4.90 Å². The van der Waals surface area contributed by atoms with Crippen LogP contribution in [0.1, 0.15) is 68.9 Å². The van der Waals surface area contributed by atoms with Gasteiger partial charge in [0.1, 0.15) is 11.6 Å². The Bertz CT molecular complexity index is 1350. The van der Waals surface area contributed by atoms with E-state index in [4.69, 9.17) is 6.42 Å². The number of carbonyl (C=O) groups is 1. The molecule has 5 atom stereocenters. The number of allylic oxidation sites excluding steroid dienone is 4. The number of terminal acetylenes is 1. The number of hydrogen-bond donors (Lipinski definition) is 1. The maximum absolute atomic E-state index is 15.4. The van der Waals surface area contributed by atoms with E-state index in [2.05, 4.69) is 12.8 Å². The minimum absolute atomic E-state index is 0.134. The Morgan fingerprint density at radius 3 is 2.33 bits per heavy atom. The van der Waals surface area contributed by atoms with Gasteiger partial charge in [-0.2, -0.15) is 0 Å². The van der Waals surface area contributed by atoms with Gasteiger partial charge in [0, 0.05) is 43.2 Å². The van der Waals surface area contributed by atoms with Gasteiger partial charge in [-0.15, -0.1) is 6.42 Å². The zero-order valence-electron chi connectivity index (χ0n) is 23.0. The van der Waals surface area contributed by atoms with Crippen LogP contribution in [0.4, 0.5) is 14.5 Å². The second kappa shape index (κ2) is 10.7. The SMILES string of the molecule is C#Cc1ccccc1.CN(C)c1cc(F)c(C2CC3(C)C(O)CCC3C3CCC4=CC(=O)CCC4=C23)c(F)c1. The quantitative estimate of drug-likeness (QED) is 0.428. The first kappa shape index (κ1) is 27.3. The summed E-state index contributed by atoms with van der Waals surface area (Å²) >= 11 is 0. The Hall–Kier alpha value is -3.23. The second-order valence-electron chi connectivity index (χ2n) is 11.9. The highest BCUT2D eigenvalue weighted by Crippen LogP contribution is 2.64. The molecule has 2 fully saturated rings. The van der Waals surface area contributed by atoms with E-state index in [-0.39, 0.29) is 22.7 Å². The first-order valence-electron chi connectivity index (χ1n) is 14.0. The molecule has 5 unspecified atom stereocenters. The Morgan fingerprint density at radius 2 is 1.72 bits per heavy atom. The molecular formula is C34H37F2NO2. The van der Waals surface area contributed by atoms with Crippen LogP contribution in [0.25, 0.3) is 0 Å². The topological polar surface area (TPSA) is 40.5 Å². The highest BCUT2D eigenvalue weighted by molar-refractivity contribution is 5.93. The van der Waals surface area contributed by atoms with E-state index < -0.39 is 23.7 Å². The number of aliphatic hydroxyl groups excluding tert-OH is 1. The molecule has 4 aliphatic carbocycles. The van der Waals surface area contributed by atoms with Crippen molar-refractivity contribution in [3.8, 4) is 12.3 Å². The van der Waals surface area contributed by atoms with Crippen molar-refractivity contribution in [1.29, 1.82) is 0 Å². The summed E-state index contributed by atoms with van der Waals surface area (Å²) in [5.74, 6) is 1.79. The number of benzene rings is 2. The largest absolute Gasteiger partial charge is 0.393 e. The zero-order chi connectivity index (χ0) is 27.9. The third-order valence-electron chi connectivity index (χ3n) is 9.55. The minimum atomic E-state index is -0.516. The molecule has 0 heterocycles. The molecule has 4 aliphatic rings. The molecule has 2 aromatic carbocycles. The molecule has 5 heteroatoms. The van der Waals surface area contributed by atoms with Crippen molar-refractivity contribution in [2.24, 2.45) is 17.3 Å². The standard InChI is InChI=1S/C26H31F2NO2.C8H6/c1-26-13-19(25-21(27)11-15(29(2)3)12-22(25)28)24-17-7-5-16(30)10-14(17)4-6-18(24)20(26)8-9-23(26)31;1-2-8-6-4-3-5-7-8/h10-12,18-20,23,31H,4-9,13H2,1-3H3;1,3-7H. The van der Waals surface area contributed by atoms with E-state index in [0.717, 1.165) is 42.4 Å². The van der Waals surface area contributed by atoms with Crippen LogP contribution in [0.2, 0.25) is 0 Å². The van der Waals surface area contributed by atoms with Crippen LogP contribution in [-0.4, -0.2) is 31.1 Å². The number of ketones is 1. The van der Waals surface area contributed by atoms with E-state index in [1.54, 1.807) is 25.1 Å². The predicted molar refractivity (Wildman–Crippen MR) is 151 cm³/mol. The molecule has 0 spiro atoms. The van der Waals surface area contributed by atoms with Gasteiger partial charge in [-0.3, -0.25) is 4.79 Å². The molecule has 1 N–H and O–H groups in total. The van der Waals surface area contributed by atoms with E-state index in [1.807, 2.05) is 30.3 Å². The van der Waals surface area contributed by atoms with Crippen LogP contribution in [0.15, 0.2) is 65.3 Å². The van der Waals surface area contributed by atoms with Crippen molar-refractivity contribution in [2.45, 2.75) is 63.9 Å². The van der Waals surface area contributed by atoms with Crippen LogP contribution in [-0.2, 0) is 4.79 Å². The molecule has 0 aliphatic heterocycles. The third kappa shape index (κ3) is 4.96. The molecule has 2 saturated carbocycles. The van der Waals surface area contributed by atoms with Crippen molar-refractivity contribution < 1.29 is 18.7 Å². The van der Waals surface area contributed by atoms with E-state index in [9.17, 15) is 9.90 Å². The molecular weight excluding hydrogens is 492 g/mol. The van der Waals surface area contributed by atoms with Gasteiger partial charge >= 0.3 is 0 Å². The number of halogens is 2. The van der Waals surface area contributed by atoms with Crippen LogP contribution in [0, 0.1) is 41.2 Å². The van der Waals surface area contributed by atoms with Crippen LogP contribution in [0.5, 0.6) is 0 Å². The Labute approximate surface area is 230 Å². The van der Waals surface area contributed by atoms with Crippen molar-refractivity contribution in [2.75, 3.05) is 19.0 Å². The fourth-order valence-corrected chi connectivity index (χ4v) is 7.59. The summed E-state index contributed by atoms with van der Waals surface area (Å²) in [5.41, 5.74) is 4.62. The fraction of sp³-hybridized carbons (Fsp3) is 0.441. The maximum atomic E-state index is 15.4. The molecule has 39 heavy (non-hydrogen) atoms. The number of anilines is 1. The molecule has 3 nitrogen and oxygen atoms in total. The lowest BCUT2D eigenvalue weighted by Crippen LogP contribution is -2.45. The average Bonchev–Trinajstić information content (AvgIpc) is 3.22. The lowest BCUT2D eigenvalue weighted by molar-refractivity contribution is -0.114. The Morgan fingerprint density at radius 1 is 1.03 bits per heavy atom. The number of rotatable bonds is 2. The number of fused-ring (bicyclic) bond motifs is 4. The van der Waals surface area contributed by atoms with Crippen molar-refractivity contribution >= 4 is 11.5 Å². The van der Waals surface area contributed by atoms with Gasteiger partial charge in [0.25, 0.3) is 0 Å². The molecule has 0 radical (unpaired) electrons. The molecule has 0 aromatic heterocycles. The van der Waals surface area contributed by atoms with Gasteiger partial charge < -0.3 is 10.0 Å². The number of nitrogens with zero attached hydrogens (tertiary/aromatic N) is 1. The lowest BCUT2D eigenvalue weighted by atomic mass is 9.53. The third-order valence-corrected chi connectivity index (χ3v) is 9.55. The molecule has 2 aromatic rings. The first-order valence-corrected chi connectivity index (χ1v) is 14.0. The second-order valence-corrected chi connectivity index (χ2v) is 11.9. The number of aliphatic hydroxyl groups is 1. The Balaban J connectivity index is 0.000000332.